The van der Waals surface area contributed by atoms with Crippen LogP contribution in [0.3, 0.4) is 0 Å². The Hall–Kier alpha value is -3.06. The molecule has 1 saturated carbocycles. The molecule has 0 bridgehead atoms. The van der Waals surface area contributed by atoms with Gasteiger partial charge >= 0.3 is 0 Å². The van der Waals surface area contributed by atoms with Crippen molar-refractivity contribution in [3.63, 3.8) is 0 Å². The second kappa shape index (κ2) is 10.2. The van der Waals surface area contributed by atoms with Crippen LogP contribution in [0.5, 0.6) is 0 Å². The first-order chi connectivity index (χ1) is 18.4. The Morgan fingerprint density at radius 1 is 1.13 bits per heavy atom. The van der Waals surface area contributed by atoms with Gasteiger partial charge in [0.1, 0.15) is 5.82 Å². The second-order valence-corrected chi connectivity index (χ2v) is 13.0. The fourth-order valence-electron chi connectivity index (χ4n) is 5.44. The number of sulfonamides is 1. The van der Waals surface area contributed by atoms with Crippen LogP contribution < -0.4 is 19.8 Å². The zero-order valence-electron chi connectivity index (χ0n) is 22.1. The Bertz CT molecular complexity index is 1360. The summed E-state index contributed by atoms with van der Waals surface area (Å²) in [6.45, 7) is 5.25. The minimum Gasteiger partial charge on any atom is -0.395 e. The van der Waals surface area contributed by atoms with Gasteiger partial charge in [0.05, 0.1) is 29.3 Å². The monoisotopic (exact) mass is 564 g/mol. The lowest BCUT2D eigenvalue weighted by Crippen LogP contribution is -2.40. The molecule has 3 aliphatic rings. The number of aryl methyl sites for hydroxylation is 1. The molecule has 5 rings (SSSR count). The number of anilines is 4. The Labute approximate surface area is 226 Å². The van der Waals surface area contributed by atoms with E-state index >= 15 is 0 Å². The topological polar surface area (TPSA) is 128 Å². The Balaban J connectivity index is 1.40. The van der Waals surface area contributed by atoms with Crippen molar-refractivity contribution < 1.29 is 27.1 Å². The molecule has 2 atom stereocenters. The van der Waals surface area contributed by atoms with Crippen LogP contribution in [0.4, 0.5) is 31.9 Å². The number of aliphatic hydroxyl groups excluding tert-OH is 1. The summed E-state index contributed by atoms with van der Waals surface area (Å²) in [5, 5.41) is 11.9. The molecule has 2 aromatic rings. The summed E-state index contributed by atoms with van der Waals surface area (Å²) in [6.07, 6.45) is 1.54. The molecular weight excluding hydrogens is 530 g/mol. The maximum absolute atomic E-state index is 13.6. The maximum atomic E-state index is 13.6. The number of rotatable bonds is 8. The molecule has 0 radical (unpaired) electrons. The zero-order valence-corrected chi connectivity index (χ0v) is 22.9. The summed E-state index contributed by atoms with van der Waals surface area (Å²) in [5.74, 6) is -2.49. The predicted molar refractivity (Wildman–Crippen MR) is 145 cm³/mol. The lowest BCUT2D eigenvalue weighted by molar-refractivity contribution is -0.0222. The number of amides is 1. The van der Waals surface area contributed by atoms with E-state index in [0.29, 0.717) is 39.9 Å². The van der Waals surface area contributed by atoms with Crippen LogP contribution in [-0.2, 0) is 10.0 Å². The van der Waals surface area contributed by atoms with Gasteiger partial charge in [-0.05, 0) is 49.3 Å². The third kappa shape index (κ3) is 6.24. The molecule has 0 spiro atoms. The van der Waals surface area contributed by atoms with E-state index in [1.165, 1.54) is 6.07 Å². The molecule has 1 amide bonds. The Kier molecular flexibility index (Phi) is 7.17. The third-order valence-corrected chi connectivity index (χ3v) is 9.28. The van der Waals surface area contributed by atoms with Crippen molar-refractivity contribution in [2.24, 2.45) is 11.3 Å². The first-order valence-corrected chi connectivity index (χ1v) is 14.8. The summed E-state index contributed by atoms with van der Waals surface area (Å²) >= 11 is 0. The number of benzene rings is 1. The van der Waals surface area contributed by atoms with Crippen LogP contribution in [0.2, 0.25) is 0 Å². The van der Waals surface area contributed by atoms with Gasteiger partial charge < -0.3 is 20.2 Å². The largest absolute Gasteiger partial charge is 0.395 e. The van der Waals surface area contributed by atoms with Gasteiger partial charge in [0.15, 0.2) is 0 Å². The van der Waals surface area contributed by atoms with Gasteiger partial charge in [0, 0.05) is 50.8 Å². The van der Waals surface area contributed by atoms with E-state index in [1.807, 2.05) is 0 Å². The molecule has 3 N–H and O–H groups in total. The van der Waals surface area contributed by atoms with Gasteiger partial charge in [0.25, 0.3) is 11.8 Å². The van der Waals surface area contributed by atoms with Crippen LogP contribution >= 0.6 is 0 Å². The minimum atomic E-state index is -3.74. The van der Waals surface area contributed by atoms with Crippen molar-refractivity contribution in [3.05, 3.63) is 35.5 Å². The van der Waals surface area contributed by atoms with Crippen molar-refractivity contribution in [3.8, 4) is 0 Å². The van der Waals surface area contributed by atoms with E-state index < -0.39 is 34.2 Å². The fourth-order valence-corrected chi connectivity index (χ4v) is 6.27. The van der Waals surface area contributed by atoms with Crippen LogP contribution in [0, 0.1) is 18.3 Å². The van der Waals surface area contributed by atoms with Gasteiger partial charge in [-0.2, -0.15) is 4.98 Å². The average molecular weight is 565 g/mol. The van der Waals surface area contributed by atoms with Crippen molar-refractivity contribution in [1.82, 2.24) is 9.97 Å². The molecule has 1 aromatic heterocycles. The van der Waals surface area contributed by atoms with Crippen LogP contribution in [0.1, 0.15) is 48.7 Å². The Morgan fingerprint density at radius 2 is 1.85 bits per heavy atom. The molecule has 2 aliphatic heterocycles. The highest BCUT2D eigenvalue weighted by Gasteiger charge is 2.52. The molecule has 1 aliphatic carbocycles. The number of hydrogen-bond donors (Lipinski definition) is 3. The highest BCUT2D eigenvalue weighted by molar-refractivity contribution is 7.92. The van der Waals surface area contributed by atoms with Crippen molar-refractivity contribution in [2.45, 2.75) is 45.5 Å². The van der Waals surface area contributed by atoms with E-state index in [4.69, 9.17) is 5.11 Å². The number of hydrogen-bond acceptors (Lipinski definition) is 8. The minimum absolute atomic E-state index is 0.122. The van der Waals surface area contributed by atoms with Gasteiger partial charge in [-0.3, -0.25) is 9.52 Å². The summed E-state index contributed by atoms with van der Waals surface area (Å²) in [7, 11) is -3.74. The van der Waals surface area contributed by atoms with Gasteiger partial charge in [-0.1, -0.05) is 6.92 Å². The maximum Gasteiger partial charge on any atom is 0.258 e. The standard InChI is InChI=1S/C26H34F2N6O4S/c1-17-13-22(31-24(29-17)33-9-6-26(27,28)7-10-33)30-23(36)20-4-3-19(32-39(37,38)12-11-35)14-21(20)34-8-5-25(2)15-18(25)16-34/h3-4,13-14,18,32,35H,5-12,15-16H2,1-2H3,(H,29,30,31,36)/t18-,25-/m0/s1. The lowest BCUT2D eigenvalue weighted by Gasteiger charge is -2.33. The number of aliphatic hydroxyl groups is 1. The number of nitrogens with one attached hydrogen (secondary N) is 2. The number of nitrogens with zero attached hydrogens (tertiary/aromatic N) is 4. The van der Waals surface area contributed by atoms with Crippen LogP contribution in [0.25, 0.3) is 0 Å². The SMILES string of the molecule is Cc1cc(NC(=O)c2ccc(NS(=O)(=O)CCO)cc2N2CC[C@@]3(C)C[C@H]3C2)nc(N2CCC(F)(F)CC2)n1. The second-order valence-electron chi connectivity index (χ2n) is 11.1. The van der Waals surface area contributed by atoms with Crippen molar-refractivity contribution in [2.75, 3.05) is 58.4 Å². The molecule has 3 heterocycles. The normalized spacial score (nSPS) is 24.2. The Morgan fingerprint density at radius 3 is 2.54 bits per heavy atom. The smallest absolute Gasteiger partial charge is 0.258 e. The number of carbonyl (C=O) groups is 1. The molecule has 10 nitrogen and oxygen atoms in total. The van der Waals surface area contributed by atoms with E-state index in [2.05, 4.69) is 31.8 Å². The zero-order chi connectivity index (χ0) is 28.0. The van der Waals surface area contributed by atoms with Crippen LogP contribution in [-0.4, -0.2) is 73.9 Å². The molecule has 2 saturated heterocycles. The summed E-state index contributed by atoms with van der Waals surface area (Å²) in [4.78, 5) is 26.2. The van der Waals surface area contributed by atoms with E-state index in [0.717, 1.165) is 25.9 Å². The van der Waals surface area contributed by atoms with E-state index in [9.17, 15) is 22.0 Å². The highest BCUT2D eigenvalue weighted by Crippen LogP contribution is 2.58. The van der Waals surface area contributed by atoms with Crippen LogP contribution in [0.15, 0.2) is 24.3 Å². The number of aromatic nitrogens is 2. The number of fused-ring (bicyclic) bond motifs is 1. The van der Waals surface area contributed by atoms with Crippen molar-refractivity contribution in [1.29, 1.82) is 0 Å². The predicted octanol–water partition coefficient (Wildman–Crippen LogP) is 3.24. The molecular formula is C26H34F2N6O4S. The quantitative estimate of drug-likeness (QED) is 0.446. The third-order valence-electron chi connectivity index (χ3n) is 8.01. The molecule has 1 aromatic carbocycles. The number of halogens is 2. The van der Waals surface area contributed by atoms with E-state index in [-0.39, 0.29) is 31.7 Å². The first kappa shape index (κ1) is 27.5. The first-order valence-electron chi connectivity index (χ1n) is 13.2. The van der Waals surface area contributed by atoms with E-state index in [1.54, 1.807) is 30.0 Å². The summed E-state index contributed by atoms with van der Waals surface area (Å²) < 4.78 is 54.2. The molecule has 13 heteroatoms. The summed E-state index contributed by atoms with van der Waals surface area (Å²) in [6, 6.07) is 6.36. The fraction of sp³-hybridized carbons (Fsp3) is 0.577. The van der Waals surface area contributed by atoms with Gasteiger partial charge in [-0.15, -0.1) is 0 Å². The van der Waals surface area contributed by atoms with Gasteiger partial charge in [-0.25, -0.2) is 22.2 Å². The molecule has 212 valence electrons. The molecule has 0 unspecified atom stereocenters. The molecule has 3 fully saturated rings. The van der Waals surface area contributed by atoms with Crippen molar-refractivity contribution >= 4 is 39.1 Å². The lowest BCUT2D eigenvalue weighted by atomic mass is 9.96. The number of alkyl halides is 2. The summed E-state index contributed by atoms with van der Waals surface area (Å²) in [5.41, 5.74) is 2.19. The number of piperidine rings is 2. The highest BCUT2D eigenvalue weighted by atomic mass is 32.2. The average Bonchev–Trinajstić information content (AvgIpc) is 3.53. The van der Waals surface area contributed by atoms with Gasteiger partial charge in [0.2, 0.25) is 16.0 Å². The molecule has 39 heavy (non-hydrogen) atoms. The number of carbonyl (C=O) groups excluding carboxylic acids is 1.